The van der Waals surface area contributed by atoms with Crippen LogP contribution in [0.4, 0.5) is 0 Å². The summed E-state index contributed by atoms with van der Waals surface area (Å²) in [7, 11) is 0. The normalized spacial score (nSPS) is 26.1. The quantitative estimate of drug-likeness (QED) is 0.720. The first-order chi connectivity index (χ1) is 7.65. The molecule has 0 bridgehead atoms. The fraction of sp³-hybridized carbons (Fsp3) is 0.400. The smallest absolute Gasteiger partial charge is 0.310 e. The Morgan fingerprint density at radius 1 is 1.62 bits per heavy atom. The zero-order chi connectivity index (χ0) is 11.6. The number of ether oxygens (including phenoxy) is 1. The van der Waals surface area contributed by atoms with E-state index in [1.165, 1.54) is 6.08 Å². The van der Waals surface area contributed by atoms with Crippen LogP contribution < -0.4 is 0 Å². The van der Waals surface area contributed by atoms with Gasteiger partial charge in [0.05, 0.1) is 13.0 Å². The van der Waals surface area contributed by atoms with Crippen LogP contribution in [0.3, 0.4) is 0 Å². The Labute approximate surface area is 92.0 Å². The summed E-state index contributed by atoms with van der Waals surface area (Å²) in [5.74, 6) is -0.360. The minimum absolute atomic E-state index is 0.0599. The number of rotatable bonds is 3. The van der Waals surface area contributed by atoms with Gasteiger partial charge in [-0.2, -0.15) is 0 Å². The first-order valence-electron chi connectivity index (χ1n) is 4.93. The minimum atomic E-state index is -1.50. The summed E-state index contributed by atoms with van der Waals surface area (Å²) in [6.45, 7) is 2.06. The molecule has 0 aromatic heterocycles. The fourth-order valence-electron chi connectivity index (χ4n) is 1.56. The Morgan fingerprint density at radius 2 is 2.44 bits per heavy atom. The van der Waals surface area contributed by atoms with E-state index in [1.54, 1.807) is 19.1 Å². The van der Waals surface area contributed by atoms with E-state index in [4.69, 9.17) is 4.74 Å². The highest BCUT2D eigenvalue weighted by Crippen LogP contribution is 2.28. The molecule has 0 saturated heterocycles. The highest BCUT2D eigenvalue weighted by Gasteiger charge is 2.38. The van der Waals surface area contributed by atoms with Gasteiger partial charge in [-0.3, -0.25) is 4.79 Å². The molecule has 84 valence electrons. The second-order valence-corrected chi connectivity index (χ2v) is 3.40. The molecule has 0 saturated carbocycles. The maximum Gasteiger partial charge on any atom is 0.310 e. The number of carbonyl (C=O) groups excluding carboxylic acids is 1. The van der Waals surface area contributed by atoms with Crippen LogP contribution in [0.2, 0.25) is 0 Å². The van der Waals surface area contributed by atoms with Crippen LogP contribution in [0, 0.1) is 0 Å². The van der Waals surface area contributed by atoms with Crippen molar-refractivity contribution in [2.75, 3.05) is 6.61 Å². The molecule has 0 aromatic carbocycles. The lowest BCUT2D eigenvalue weighted by atomic mass is 9.93. The van der Waals surface area contributed by atoms with E-state index < -0.39 is 5.72 Å². The number of fused-ring (bicyclic) bond motifs is 1. The first-order valence-corrected chi connectivity index (χ1v) is 4.93. The SMILES string of the molecule is CCOC(=O)CC1=CC=CC2(O)N=NN=C12. The number of aliphatic hydroxyl groups is 1. The van der Waals surface area contributed by atoms with E-state index in [0.29, 0.717) is 17.9 Å². The van der Waals surface area contributed by atoms with Crippen molar-refractivity contribution < 1.29 is 14.6 Å². The number of allylic oxidation sites excluding steroid dienone is 2. The van der Waals surface area contributed by atoms with Crippen molar-refractivity contribution in [3.63, 3.8) is 0 Å². The second kappa shape index (κ2) is 3.97. The highest BCUT2D eigenvalue weighted by atomic mass is 16.5. The molecule has 6 nitrogen and oxygen atoms in total. The van der Waals surface area contributed by atoms with Gasteiger partial charge in [0.1, 0.15) is 5.71 Å². The fourth-order valence-corrected chi connectivity index (χ4v) is 1.56. The zero-order valence-electron chi connectivity index (χ0n) is 8.75. The molecule has 1 unspecified atom stereocenters. The molecule has 0 radical (unpaired) electrons. The summed E-state index contributed by atoms with van der Waals surface area (Å²) in [5, 5.41) is 20.7. The third kappa shape index (κ3) is 1.79. The molecule has 2 rings (SSSR count). The molecule has 0 amide bonds. The number of hydrogen-bond donors (Lipinski definition) is 1. The van der Waals surface area contributed by atoms with Gasteiger partial charge in [0.2, 0.25) is 5.72 Å². The molecule has 6 heteroatoms. The maximum absolute atomic E-state index is 11.3. The summed E-state index contributed by atoms with van der Waals surface area (Å²) in [4.78, 5) is 11.3. The van der Waals surface area contributed by atoms with E-state index in [-0.39, 0.29) is 12.4 Å². The Hall–Kier alpha value is -1.82. The van der Waals surface area contributed by atoms with Gasteiger partial charge in [-0.15, -0.1) is 10.2 Å². The van der Waals surface area contributed by atoms with Crippen molar-refractivity contribution in [1.29, 1.82) is 0 Å². The standard InChI is InChI=1S/C10H11N3O3/c1-2-16-8(14)6-7-4-3-5-10(15)9(7)11-13-12-10/h3-5,15H,2,6H2,1H3. The van der Waals surface area contributed by atoms with Crippen molar-refractivity contribution >= 4 is 11.7 Å². The molecule has 1 heterocycles. The number of carbonyl (C=O) groups is 1. The summed E-state index contributed by atoms with van der Waals surface area (Å²) >= 11 is 0. The molecule has 0 spiro atoms. The molecule has 0 aromatic rings. The zero-order valence-corrected chi connectivity index (χ0v) is 8.75. The van der Waals surface area contributed by atoms with Crippen LogP contribution in [0.25, 0.3) is 0 Å². The van der Waals surface area contributed by atoms with Gasteiger partial charge in [-0.1, -0.05) is 12.2 Å². The van der Waals surface area contributed by atoms with Crippen LogP contribution in [0.5, 0.6) is 0 Å². The van der Waals surface area contributed by atoms with Gasteiger partial charge >= 0.3 is 5.97 Å². The lowest BCUT2D eigenvalue weighted by Gasteiger charge is -2.20. The van der Waals surface area contributed by atoms with Gasteiger partial charge in [0.15, 0.2) is 0 Å². The van der Waals surface area contributed by atoms with E-state index in [9.17, 15) is 9.90 Å². The molecule has 1 aliphatic carbocycles. The number of nitrogens with zero attached hydrogens (tertiary/aromatic N) is 3. The third-order valence-corrected chi connectivity index (χ3v) is 2.26. The Kier molecular flexibility index (Phi) is 2.66. The van der Waals surface area contributed by atoms with Crippen molar-refractivity contribution in [1.82, 2.24) is 0 Å². The van der Waals surface area contributed by atoms with Gasteiger partial charge in [-0.05, 0) is 23.8 Å². The minimum Gasteiger partial charge on any atom is -0.466 e. The Balaban J connectivity index is 2.15. The molecule has 2 aliphatic rings. The van der Waals surface area contributed by atoms with Crippen molar-refractivity contribution in [2.24, 2.45) is 15.4 Å². The number of hydrogen-bond acceptors (Lipinski definition) is 6. The second-order valence-electron chi connectivity index (χ2n) is 3.40. The van der Waals surface area contributed by atoms with E-state index >= 15 is 0 Å². The van der Waals surface area contributed by atoms with Crippen molar-refractivity contribution in [3.05, 3.63) is 23.8 Å². The van der Waals surface area contributed by atoms with Gasteiger partial charge in [0, 0.05) is 0 Å². The molecule has 16 heavy (non-hydrogen) atoms. The molecular formula is C10H11N3O3. The Bertz CT molecular complexity index is 437. The summed E-state index contributed by atoms with van der Waals surface area (Å²) in [6.07, 6.45) is 4.85. The van der Waals surface area contributed by atoms with E-state index in [1.807, 2.05) is 0 Å². The highest BCUT2D eigenvalue weighted by molar-refractivity contribution is 6.11. The van der Waals surface area contributed by atoms with E-state index in [0.717, 1.165) is 0 Å². The largest absolute Gasteiger partial charge is 0.466 e. The monoisotopic (exact) mass is 221 g/mol. The molecule has 1 atom stereocenters. The lowest BCUT2D eigenvalue weighted by molar-refractivity contribution is -0.142. The van der Waals surface area contributed by atoms with Gasteiger partial charge in [0.25, 0.3) is 0 Å². The van der Waals surface area contributed by atoms with Gasteiger partial charge < -0.3 is 9.84 Å². The topological polar surface area (TPSA) is 83.6 Å². The predicted molar refractivity (Wildman–Crippen MR) is 55.7 cm³/mol. The summed E-state index contributed by atoms with van der Waals surface area (Å²) in [5.41, 5.74) is -0.632. The summed E-state index contributed by atoms with van der Waals surface area (Å²) in [6, 6.07) is 0. The molecule has 1 aliphatic heterocycles. The van der Waals surface area contributed by atoms with Crippen molar-refractivity contribution in [3.8, 4) is 0 Å². The van der Waals surface area contributed by atoms with Crippen LogP contribution >= 0.6 is 0 Å². The van der Waals surface area contributed by atoms with Crippen LogP contribution in [-0.4, -0.2) is 29.1 Å². The third-order valence-electron chi connectivity index (χ3n) is 2.26. The molecule has 0 fully saturated rings. The lowest BCUT2D eigenvalue weighted by Crippen LogP contribution is -2.35. The first kappa shape index (κ1) is 10.7. The van der Waals surface area contributed by atoms with Gasteiger partial charge in [-0.25, -0.2) is 0 Å². The average Bonchev–Trinajstić information content (AvgIpc) is 2.61. The summed E-state index contributed by atoms with van der Waals surface area (Å²) < 4.78 is 4.82. The maximum atomic E-state index is 11.3. The van der Waals surface area contributed by atoms with Crippen LogP contribution in [0.1, 0.15) is 13.3 Å². The van der Waals surface area contributed by atoms with E-state index in [2.05, 4.69) is 15.4 Å². The predicted octanol–water partition coefficient (Wildman–Crippen LogP) is 0.946. The Morgan fingerprint density at radius 3 is 3.19 bits per heavy atom. The van der Waals surface area contributed by atoms with Crippen LogP contribution in [-0.2, 0) is 9.53 Å². The molecular weight excluding hydrogens is 210 g/mol. The average molecular weight is 221 g/mol. The van der Waals surface area contributed by atoms with Crippen LogP contribution in [0.15, 0.2) is 39.2 Å². The number of esters is 1. The molecule has 1 N–H and O–H groups in total. The van der Waals surface area contributed by atoms with Crippen molar-refractivity contribution in [2.45, 2.75) is 19.1 Å².